The fraction of sp³-hybridized carbons (Fsp3) is 0.278. The highest BCUT2D eigenvalue weighted by Crippen LogP contribution is 2.30. The number of aryl methyl sites for hydroxylation is 2. The largest absolute Gasteiger partial charge is 0.462 e. The average molecular weight is 425 g/mol. The second-order valence-corrected chi connectivity index (χ2v) is 8.06. The van der Waals surface area contributed by atoms with Crippen LogP contribution >= 0.6 is 15.9 Å². The van der Waals surface area contributed by atoms with Gasteiger partial charge in [0.2, 0.25) is 0 Å². The first-order valence-electron chi connectivity index (χ1n) is 7.93. The number of halogens is 1. The van der Waals surface area contributed by atoms with Crippen LogP contribution in [-0.2, 0) is 27.7 Å². The van der Waals surface area contributed by atoms with Crippen LogP contribution in [-0.4, -0.2) is 21.0 Å². The number of fused-ring (bicyclic) bond motifs is 1. The maximum absolute atomic E-state index is 12.6. The quantitative estimate of drug-likeness (QED) is 0.537. The summed E-state index contributed by atoms with van der Waals surface area (Å²) in [5.74, 6) is -0.214. The minimum absolute atomic E-state index is 0.0407. The number of hydrogen-bond donors (Lipinski definition) is 0. The summed E-state index contributed by atoms with van der Waals surface area (Å²) in [5.41, 5.74) is 2.64. The molecule has 25 heavy (non-hydrogen) atoms. The van der Waals surface area contributed by atoms with E-state index in [1.165, 1.54) is 23.8 Å². The van der Waals surface area contributed by atoms with Gasteiger partial charge in [-0.15, -0.1) is 0 Å². The van der Waals surface area contributed by atoms with Gasteiger partial charge >= 0.3 is 16.1 Å². The van der Waals surface area contributed by atoms with E-state index in [4.69, 9.17) is 8.92 Å². The van der Waals surface area contributed by atoms with Crippen molar-refractivity contribution in [3.63, 3.8) is 0 Å². The summed E-state index contributed by atoms with van der Waals surface area (Å²) in [6.07, 6.45) is 3.03. The van der Waals surface area contributed by atoms with Gasteiger partial charge in [-0.3, -0.25) is 0 Å². The maximum Gasteiger partial charge on any atom is 0.340 e. The van der Waals surface area contributed by atoms with Crippen molar-refractivity contribution >= 4 is 32.0 Å². The lowest BCUT2D eigenvalue weighted by Crippen LogP contribution is -2.12. The molecule has 0 spiro atoms. The van der Waals surface area contributed by atoms with E-state index in [9.17, 15) is 13.2 Å². The SMILES string of the molecule is CCOC(=O)c1ccc(S(=O)(=O)Oc2ccc3c(c2)CCC3)c(Br)c1. The third-order valence-corrected chi connectivity index (χ3v) is 6.21. The zero-order valence-corrected chi connectivity index (χ0v) is 16.0. The first-order chi connectivity index (χ1) is 11.9. The third-order valence-electron chi connectivity index (χ3n) is 3.99. The molecule has 2 aromatic rings. The Bertz CT molecular complexity index is 921. The molecule has 1 aliphatic rings. The van der Waals surface area contributed by atoms with Gasteiger partial charge in [-0.2, -0.15) is 8.42 Å². The molecule has 0 heterocycles. The van der Waals surface area contributed by atoms with Crippen molar-refractivity contribution < 1.29 is 22.1 Å². The lowest BCUT2D eigenvalue weighted by Gasteiger charge is -2.11. The van der Waals surface area contributed by atoms with Gasteiger partial charge in [0.25, 0.3) is 0 Å². The number of benzene rings is 2. The normalized spacial score (nSPS) is 13.4. The van der Waals surface area contributed by atoms with Crippen LogP contribution in [0.3, 0.4) is 0 Å². The van der Waals surface area contributed by atoms with E-state index in [0.29, 0.717) is 5.75 Å². The molecule has 0 bridgehead atoms. The van der Waals surface area contributed by atoms with Crippen LogP contribution in [0.5, 0.6) is 5.75 Å². The zero-order chi connectivity index (χ0) is 18.0. The topological polar surface area (TPSA) is 69.7 Å². The van der Waals surface area contributed by atoms with Crippen molar-refractivity contribution in [3.05, 3.63) is 57.6 Å². The van der Waals surface area contributed by atoms with Crippen LogP contribution in [0.15, 0.2) is 45.8 Å². The predicted octanol–water partition coefficient (Wildman–Crippen LogP) is 3.88. The maximum atomic E-state index is 12.6. The molecule has 0 N–H and O–H groups in total. The van der Waals surface area contributed by atoms with E-state index in [0.717, 1.165) is 24.8 Å². The molecule has 0 radical (unpaired) electrons. The Balaban J connectivity index is 1.86. The molecular formula is C18H17BrO5S. The molecule has 3 rings (SSSR count). The molecule has 0 saturated heterocycles. The summed E-state index contributed by atoms with van der Waals surface area (Å²) in [4.78, 5) is 11.7. The van der Waals surface area contributed by atoms with E-state index in [2.05, 4.69) is 15.9 Å². The Labute approximate surface area is 155 Å². The standard InChI is InChI=1S/C18H17BrO5S/c1-2-23-18(20)14-7-9-17(16(19)11-14)25(21,22)24-15-8-6-12-4-3-5-13(12)10-15/h6-11H,2-5H2,1H3. The predicted molar refractivity (Wildman–Crippen MR) is 96.4 cm³/mol. The molecule has 7 heteroatoms. The Morgan fingerprint density at radius 1 is 1.12 bits per heavy atom. The molecular weight excluding hydrogens is 408 g/mol. The molecule has 0 atom stereocenters. The minimum atomic E-state index is -4.02. The molecule has 1 aliphatic carbocycles. The summed E-state index contributed by atoms with van der Waals surface area (Å²) in [6, 6.07) is 9.51. The zero-order valence-electron chi connectivity index (χ0n) is 13.6. The molecule has 0 saturated carbocycles. The minimum Gasteiger partial charge on any atom is -0.462 e. The molecule has 5 nitrogen and oxygen atoms in total. The van der Waals surface area contributed by atoms with E-state index in [-0.39, 0.29) is 21.5 Å². The van der Waals surface area contributed by atoms with Gasteiger partial charge in [0.05, 0.1) is 12.2 Å². The molecule has 0 unspecified atom stereocenters. The smallest absolute Gasteiger partial charge is 0.340 e. The first-order valence-corrected chi connectivity index (χ1v) is 10.1. The monoisotopic (exact) mass is 424 g/mol. The second kappa shape index (κ2) is 7.17. The van der Waals surface area contributed by atoms with Crippen LogP contribution in [0.4, 0.5) is 0 Å². The fourth-order valence-corrected chi connectivity index (χ4v) is 4.77. The van der Waals surface area contributed by atoms with Crippen molar-refractivity contribution in [1.82, 2.24) is 0 Å². The van der Waals surface area contributed by atoms with Gasteiger partial charge < -0.3 is 8.92 Å². The van der Waals surface area contributed by atoms with Gasteiger partial charge in [-0.25, -0.2) is 4.79 Å². The van der Waals surface area contributed by atoms with Gasteiger partial charge in [-0.05, 0) is 83.6 Å². The lowest BCUT2D eigenvalue weighted by atomic mass is 10.1. The summed E-state index contributed by atoms with van der Waals surface area (Å²) in [5, 5.41) is 0. The average Bonchev–Trinajstić information content (AvgIpc) is 3.02. The third kappa shape index (κ3) is 3.88. The second-order valence-electron chi connectivity index (χ2n) is 5.69. The van der Waals surface area contributed by atoms with Crippen molar-refractivity contribution in [2.75, 3.05) is 6.61 Å². The summed E-state index contributed by atoms with van der Waals surface area (Å²) < 4.78 is 35.5. The lowest BCUT2D eigenvalue weighted by molar-refractivity contribution is 0.0526. The van der Waals surface area contributed by atoms with Gasteiger partial charge in [0, 0.05) is 4.47 Å². The van der Waals surface area contributed by atoms with Crippen LogP contribution in [0, 0.1) is 0 Å². The number of esters is 1. The fourth-order valence-electron chi connectivity index (χ4n) is 2.82. The highest BCUT2D eigenvalue weighted by Gasteiger charge is 2.22. The van der Waals surface area contributed by atoms with Gasteiger partial charge in [0.15, 0.2) is 0 Å². The highest BCUT2D eigenvalue weighted by molar-refractivity contribution is 9.10. The Morgan fingerprint density at radius 2 is 1.88 bits per heavy atom. The molecule has 0 aromatic heterocycles. The molecule has 2 aromatic carbocycles. The number of carbonyl (C=O) groups is 1. The summed E-state index contributed by atoms with van der Waals surface area (Å²) >= 11 is 3.20. The van der Waals surface area contributed by atoms with E-state index < -0.39 is 16.1 Å². The van der Waals surface area contributed by atoms with Crippen LogP contribution in [0.1, 0.15) is 34.8 Å². The summed E-state index contributed by atoms with van der Waals surface area (Å²) in [6.45, 7) is 1.95. The molecule has 0 aliphatic heterocycles. The number of hydrogen-bond acceptors (Lipinski definition) is 5. The molecule has 0 fully saturated rings. The van der Waals surface area contributed by atoms with Crippen molar-refractivity contribution in [2.45, 2.75) is 31.1 Å². The Hall–Kier alpha value is -1.86. The van der Waals surface area contributed by atoms with Crippen molar-refractivity contribution in [3.8, 4) is 5.75 Å². The number of ether oxygens (including phenoxy) is 1. The van der Waals surface area contributed by atoms with Crippen molar-refractivity contribution in [2.24, 2.45) is 0 Å². The Kier molecular flexibility index (Phi) is 5.15. The van der Waals surface area contributed by atoms with E-state index >= 15 is 0 Å². The van der Waals surface area contributed by atoms with Crippen LogP contribution in [0.2, 0.25) is 0 Å². The Morgan fingerprint density at radius 3 is 2.60 bits per heavy atom. The van der Waals surface area contributed by atoms with Crippen LogP contribution in [0.25, 0.3) is 0 Å². The molecule has 132 valence electrons. The number of carbonyl (C=O) groups excluding carboxylic acids is 1. The molecule has 0 amide bonds. The van der Waals surface area contributed by atoms with Crippen molar-refractivity contribution in [1.29, 1.82) is 0 Å². The van der Waals surface area contributed by atoms with Gasteiger partial charge in [0.1, 0.15) is 10.6 Å². The van der Waals surface area contributed by atoms with E-state index in [1.807, 2.05) is 6.07 Å². The van der Waals surface area contributed by atoms with Crippen LogP contribution < -0.4 is 4.18 Å². The highest BCUT2D eigenvalue weighted by atomic mass is 79.9. The summed E-state index contributed by atoms with van der Waals surface area (Å²) in [7, 11) is -4.02. The van der Waals surface area contributed by atoms with E-state index in [1.54, 1.807) is 19.1 Å². The first kappa shape index (κ1) is 17.9. The van der Waals surface area contributed by atoms with Gasteiger partial charge in [-0.1, -0.05) is 6.07 Å². The number of rotatable bonds is 5.